The largest absolute Gasteiger partial charge is 0.369 e. The monoisotopic (exact) mass is 550 g/mol. The zero-order valence-electron chi connectivity index (χ0n) is 17.5. The number of hydrogen-bond acceptors (Lipinski definition) is 3. The molecule has 1 aromatic heterocycles. The number of aromatic nitrogens is 2. The summed E-state index contributed by atoms with van der Waals surface area (Å²) in [6.07, 6.45) is 6.68. The van der Waals surface area contributed by atoms with E-state index in [0.29, 0.717) is 6.04 Å². The number of hydrogen-bond donors (Lipinski definition) is 2. The Balaban J connectivity index is 0.00000272. The zero-order valence-corrected chi connectivity index (χ0v) is 20.6. The van der Waals surface area contributed by atoms with E-state index in [2.05, 4.69) is 60.4 Å². The van der Waals surface area contributed by atoms with E-state index in [0.717, 1.165) is 43.6 Å². The molecule has 1 fully saturated rings. The first-order valence-electron chi connectivity index (χ1n) is 10.2. The van der Waals surface area contributed by atoms with E-state index >= 15 is 0 Å². The van der Waals surface area contributed by atoms with Crippen molar-refractivity contribution in [1.82, 2.24) is 20.2 Å². The molecule has 0 aliphatic carbocycles. The third-order valence-electron chi connectivity index (χ3n) is 5.33. The number of benzene rings is 2. The second kappa shape index (κ2) is 11.4. The van der Waals surface area contributed by atoms with Crippen LogP contribution in [-0.2, 0) is 13.1 Å². The van der Waals surface area contributed by atoms with Crippen molar-refractivity contribution in [1.29, 1.82) is 0 Å². The molecule has 2 heterocycles. The fourth-order valence-corrected chi connectivity index (χ4v) is 3.90. The van der Waals surface area contributed by atoms with Crippen LogP contribution in [0.2, 0.25) is 5.02 Å². The van der Waals surface area contributed by atoms with Gasteiger partial charge in [0.1, 0.15) is 0 Å². The third-order valence-corrected chi connectivity index (χ3v) is 5.57. The van der Waals surface area contributed by atoms with E-state index in [9.17, 15) is 0 Å². The average molecular weight is 551 g/mol. The van der Waals surface area contributed by atoms with Gasteiger partial charge in [0.2, 0.25) is 0 Å². The van der Waals surface area contributed by atoms with Crippen molar-refractivity contribution >= 4 is 47.2 Å². The normalized spacial score (nSPS) is 16.1. The highest BCUT2D eigenvalue weighted by molar-refractivity contribution is 14.0. The Labute approximate surface area is 205 Å². The van der Waals surface area contributed by atoms with E-state index in [1.807, 2.05) is 37.8 Å². The molecule has 2 aromatic carbocycles. The predicted molar refractivity (Wildman–Crippen MR) is 139 cm³/mol. The fourth-order valence-electron chi connectivity index (χ4n) is 3.71. The van der Waals surface area contributed by atoms with Crippen LogP contribution in [0.1, 0.15) is 17.5 Å². The highest BCUT2D eigenvalue weighted by atomic mass is 127. The first kappa shape index (κ1) is 23.4. The van der Waals surface area contributed by atoms with Gasteiger partial charge in [0, 0.05) is 62.4 Å². The maximum atomic E-state index is 6.14. The SMILES string of the molecule is CN=C(NCc1ccc(Cn2ccnc2)cc1)NC1CCN(c2cccc(Cl)c2)C1.I. The molecule has 1 atom stereocenters. The summed E-state index contributed by atoms with van der Waals surface area (Å²) >= 11 is 6.14. The maximum Gasteiger partial charge on any atom is 0.191 e. The van der Waals surface area contributed by atoms with Crippen molar-refractivity contribution in [2.45, 2.75) is 25.6 Å². The molecule has 0 radical (unpaired) electrons. The summed E-state index contributed by atoms with van der Waals surface area (Å²) in [5, 5.41) is 7.75. The van der Waals surface area contributed by atoms with Crippen molar-refractivity contribution < 1.29 is 0 Å². The number of halogens is 2. The molecule has 6 nitrogen and oxygen atoms in total. The third kappa shape index (κ3) is 6.61. The molecule has 4 rings (SSSR count). The Morgan fingerprint density at radius 2 is 2.00 bits per heavy atom. The van der Waals surface area contributed by atoms with Gasteiger partial charge in [-0.25, -0.2) is 4.98 Å². The summed E-state index contributed by atoms with van der Waals surface area (Å²) in [6.45, 7) is 3.51. The van der Waals surface area contributed by atoms with E-state index in [1.54, 1.807) is 6.20 Å². The van der Waals surface area contributed by atoms with Gasteiger partial charge in [-0.15, -0.1) is 24.0 Å². The van der Waals surface area contributed by atoms with Crippen LogP contribution in [0.5, 0.6) is 0 Å². The average Bonchev–Trinajstić information content (AvgIpc) is 3.44. The van der Waals surface area contributed by atoms with Gasteiger partial charge >= 0.3 is 0 Å². The first-order chi connectivity index (χ1) is 14.7. The standard InChI is InChI=1S/C23H27ClN6.HI/c1-25-23(28-21-9-11-30(16-21)22-4-2-3-20(24)13-22)27-14-18-5-7-19(8-6-18)15-29-12-10-26-17-29;/h2-8,10,12-13,17,21H,9,11,14-16H2,1H3,(H2,25,27,28);1H. The Morgan fingerprint density at radius 1 is 1.19 bits per heavy atom. The van der Waals surface area contributed by atoms with Crippen molar-refractivity contribution in [3.05, 3.63) is 83.4 Å². The van der Waals surface area contributed by atoms with Crippen LogP contribution in [0, 0.1) is 0 Å². The number of nitrogens with zero attached hydrogens (tertiary/aromatic N) is 4. The zero-order chi connectivity index (χ0) is 20.8. The van der Waals surface area contributed by atoms with Gasteiger partial charge in [-0.3, -0.25) is 4.99 Å². The second-order valence-electron chi connectivity index (χ2n) is 7.53. The molecule has 164 valence electrons. The molecule has 31 heavy (non-hydrogen) atoms. The van der Waals surface area contributed by atoms with E-state index < -0.39 is 0 Å². The molecule has 0 amide bonds. The van der Waals surface area contributed by atoms with Crippen LogP contribution < -0.4 is 15.5 Å². The van der Waals surface area contributed by atoms with Crippen molar-refractivity contribution in [2.75, 3.05) is 25.0 Å². The van der Waals surface area contributed by atoms with Crippen LogP contribution in [0.3, 0.4) is 0 Å². The topological polar surface area (TPSA) is 57.5 Å². The predicted octanol–water partition coefficient (Wildman–Crippen LogP) is 4.15. The number of guanidine groups is 1. The summed E-state index contributed by atoms with van der Waals surface area (Å²) in [4.78, 5) is 10.8. The molecular formula is C23H28ClIN6. The number of anilines is 1. The summed E-state index contributed by atoms with van der Waals surface area (Å²) in [6, 6.07) is 17.0. The molecule has 0 saturated carbocycles. The van der Waals surface area contributed by atoms with Gasteiger partial charge in [0.05, 0.1) is 6.33 Å². The lowest BCUT2D eigenvalue weighted by Gasteiger charge is -2.20. The molecule has 1 saturated heterocycles. The molecule has 0 bridgehead atoms. The second-order valence-corrected chi connectivity index (χ2v) is 7.97. The number of aliphatic imine (C=N–C) groups is 1. The highest BCUT2D eigenvalue weighted by Crippen LogP contribution is 2.23. The van der Waals surface area contributed by atoms with Crippen LogP contribution in [0.15, 0.2) is 72.2 Å². The lowest BCUT2D eigenvalue weighted by molar-refractivity contribution is 0.648. The number of rotatable bonds is 6. The molecule has 1 aliphatic rings. The highest BCUT2D eigenvalue weighted by Gasteiger charge is 2.23. The van der Waals surface area contributed by atoms with Gasteiger partial charge < -0.3 is 20.1 Å². The van der Waals surface area contributed by atoms with Gasteiger partial charge in [-0.1, -0.05) is 41.9 Å². The molecular weight excluding hydrogens is 523 g/mol. The summed E-state index contributed by atoms with van der Waals surface area (Å²) < 4.78 is 2.06. The van der Waals surface area contributed by atoms with Crippen LogP contribution in [0.25, 0.3) is 0 Å². The lowest BCUT2D eigenvalue weighted by atomic mass is 10.1. The van der Waals surface area contributed by atoms with Gasteiger partial charge in [0.15, 0.2) is 5.96 Å². The Hall–Kier alpha value is -2.26. The van der Waals surface area contributed by atoms with Crippen molar-refractivity contribution in [3.8, 4) is 0 Å². The summed E-state index contributed by atoms with van der Waals surface area (Å²) in [7, 11) is 1.81. The van der Waals surface area contributed by atoms with Crippen LogP contribution in [0.4, 0.5) is 5.69 Å². The minimum Gasteiger partial charge on any atom is -0.369 e. The van der Waals surface area contributed by atoms with E-state index in [1.165, 1.54) is 16.8 Å². The van der Waals surface area contributed by atoms with Crippen LogP contribution in [-0.4, -0.2) is 41.7 Å². The molecule has 8 heteroatoms. The smallest absolute Gasteiger partial charge is 0.191 e. The van der Waals surface area contributed by atoms with Crippen molar-refractivity contribution in [3.63, 3.8) is 0 Å². The fraction of sp³-hybridized carbons (Fsp3) is 0.304. The minimum absolute atomic E-state index is 0. The van der Waals surface area contributed by atoms with Gasteiger partial charge in [0.25, 0.3) is 0 Å². The molecule has 2 N–H and O–H groups in total. The van der Waals surface area contributed by atoms with E-state index in [-0.39, 0.29) is 24.0 Å². The molecule has 1 unspecified atom stereocenters. The summed E-state index contributed by atoms with van der Waals surface area (Å²) in [5.41, 5.74) is 3.65. The van der Waals surface area contributed by atoms with E-state index in [4.69, 9.17) is 11.6 Å². The van der Waals surface area contributed by atoms with Crippen LogP contribution >= 0.6 is 35.6 Å². The van der Waals surface area contributed by atoms with Gasteiger partial charge in [-0.2, -0.15) is 0 Å². The quantitative estimate of drug-likeness (QED) is 0.275. The van der Waals surface area contributed by atoms with Crippen molar-refractivity contribution in [2.24, 2.45) is 4.99 Å². The number of imidazole rings is 1. The Bertz CT molecular complexity index is 974. The number of nitrogens with one attached hydrogen (secondary N) is 2. The summed E-state index contributed by atoms with van der Waals surface area (Å²) in [5.74, 6) is 0.829. The minimum atomic E-state index is 0. The lowest BCUT2D eigenvalue weighted by Crippen LogP contribution is -2.44. The maximum absolute atomic E-state index is 6.14. The molecule has 1 aliphatic heterocycles. The molecule has 3 aromatic rings. The Kier molecular flexibility index (Phi) is 8.60. The Morgan fingerprint density at radius 3 is 2.71 bits per heavy atom. The molecule has 0 spiro atoms. The van der Waals surface area contributed by atoms with Gasteiger partial charge in [-0.05, 0) is 35.7 Å². The first-order valence-corrected chi connectivity index (χ1v) is 10.6.